The highest BCUT2D eigenvalue weighted by molar-refractivity contribution is 5.72. The first-order valence-corrected chi connectivity index (χ1v) is 6.95. The first-order chi connectivity index (χ1) is 10.0. The summed E-state index contributed by atoms with van der Waals surface area (Å²) in [5.41, 5.74) is 4.24. The lowest BCUT2D eigenvalue weighted by molar-refractivity contribution is -0.104. The summed E-state index contributed by atoms with van der Waals surface area (Å²) in [6, 6.07) is 8.41. The smallest absolute Gasteiger partial charge is 0.145 e. The van der Waals surface area contributed by atoms with E-state index >= 15 is 0 Å². The van der Waals surface area contributed by atoms with E-state index in [-0.39, 0.29) is 0 Å². The molecule has 0 atom stereocenters. The second-order valence-electron chi connectivity index (χ2n) is 5.14. The molecule has 0 unspecified atom stereocenters. The molecule has 2 nitrogen and oxygen atoms in total. The maximum absolute atomic E-state index is 10.4. The molecule has 1 aromatic rings. The second kappa shape index (κ2) is 8.75. The van der Waals surface area contributed by atoms with Crippen molar-refractivity contribution in [3.63, 3.8) is 0 Å². The van der Waals surface area contributed by atoms with Crippen molar-refractivity contribution >= 4 is 18.0 Å². The molecule has 2 heteroatoms. The number of carbonyl (C=O) groups excluding carboxylic acids is 1. The fourth-order valence-electron chi connectivity index (χ4n) is 1.62. The topological polar surface area (TPSA) is 20.3 Å². The molecule has 1 aromatic carbocycles. The number of rotatable bonds is 6. The monoisotopic (exact) mass is 281 g/mol. The van der Waals surface area contributed by atoms with Crippen molar-refractivity contribution in [1.82, 2.24) is 0 Å². The van der Waals surface area contributed by atoms with Gasteiger partial charge >= 0.3 is 0 Å². The van der Waals surface area contributed by atoms with E-state index in [1.807, 2.05) is 39.2 Å². The summed E-state index contributed by atoms with van der Waals surface area (Å²) in [7, 11) is 4.07. The van der Waals surface area contributed by atoms with Gasteiger partial charge in [-0.2, -0.15) is 0 Å². The van der Waals surface area contributed by atoms with Crippen LogP contribution in [0.2, 0.25) is 0 Å². The van der Waals surface area contributed by atoms with Crippen molar-refractivity contribution in [1.29, 1.82) is 0 Å². The highest BCUT2D eigenvalue weighted by Crippen LogP contribution is 2.13. The van der Waals surface area contributed by atoms with Crippen molar-refractivity contribution in [2.45, 2.75) is 13.8 Å². The van der Waals surface area contributed by atoms with Crippen LogP contribution in [-0.4, -0.2) is 20.4 Å². The van der Waals surface area contributed by atoms with E-state index in [0.29, 0.717) is 5.57 Å². The molecule has 0 amide bonds. The molecule has 1 rings (SSSR count). The van der Waals surface area contributed by atoms with E-state index < -0.39 is 0 Å². The highest BCUT2D eigenvalue weighted by Gasteiger charge is 1.93. The van der Waals surface area contributed by atoms with Gasteiger partial charge in [0.15, 0.2) is 0 Å². The van der Waals surface area contributed by atoms with Gasteiger partial charge in [0.2, 0.25) is 0 Å². The van der Waals surface area contributed by atoms with Crippen molar-refractivity contribution < 1.29 is 4.79 Å². The minimum atomic E-state index is 0.717. The van der Waals surface area contributed by atoms with Gasteiger partial charge < -0.3 is 4.90 Å². The lowest BCUT2D eigenvalue weighted by atomic mass is 10.1. The van der Waals surface area contributed by atoms with Gasteiger partial charge in [-0.3, -0.25) is 4.79 Å². The molecular formula is C19H23NO. The molecular weight excluding hydrogens is 258 g/mol. The van der Waals surface area contributed by atoms with Crippen LogP contribution in [0.25, 0.3) is 6.08 Å². The number of benzene rings is 1. The number of allylic oxidation sites excluding steroid dienone is 7. The summed E-state index contributed by atoms with van der Waals surface area (Å²) in [4.78, 5) is 12.5. The van der Waals surface area contributed by atoms with E-state index in [2.05, 4.69) is 41.3 Å². The highest BCUT2D eigenvalue weighted by atomic mass is 16.1. The zero-order chi connectivity index (χ0) is 15.7. The lowest BCUT2D eigenvalue weighted by Crippen LogP contribution is -2.07. The Hall–Kier alpha value is -2.35. The van der Waals surface area contributed by atoms with Crippen LogP contribution in [0.5, 0.6) is 0 Å². The van der Waals surface area contributed by atoms with Crippen molar-refractivity contribution in [2.75, 3.05) is 19.0 Å². The zero-order valence-electron chi connectivity index (χ0n) is 13.2. The molecule has 0 radical (unpaired) electrons. The molecule has 0 saturated carbocycles. The van der Waals surface area contributed by atoms with Crippen LogP contribution < -0.4 is 4.90 Å². The first kappa shape index (κ1) is 16.7. The number of carbonyl (C=O) groups is 1. The predicted molar refractivity (Wildman–Crippen MR) is 92.5 cm³/mol. The number of anilines is 1. The minimum absolute atomic E-state index is 0.717. The third-order valence-corrected chi connectivity index (χ3v) is 2.96. The lowest BCUT2D eigenvalue weighted by Gasteiger charge is -2.11. The molecule has 0 aromatic heterocycles. The Bertz CT molecular complexity index is 572. The first-order valence-electron chi connectivity index (χ1n) is 6.95. The average molecular weight is 281 g/mol. The van der Waals surface area contributed by atoms with Crippen LogP contribution in [0, 0.1) is 0 Å². The van der Waals surface area contributed by atoms with Crippen LogP contribution >= 0.6 is 0 Å². The Kier molecular flexibility index (Phi) is 6.96. The van der Waals surface area contributed by atoms with E-state index in [9.17, 15) is 4.79 Å². The van der Waals surface area contributed by atoms with Crippen LogP contribution in [0.4, 0.5) is 5.69 Å². The van der Waals surface area contributed by atoms with E-state index in [1.165, 1.54) is 11.3 Å². The van der Waals surface area contributed by atoms with Crippen molar-refractivity contribution in [3.05, 3.63) is 71.4 Å². The molecule has 0 spiro atoms. The number of hydrogen-bond acceptors (Lipinski definition) is 2. The van der Waals surface area contributed by atoms with E-state index in [4.69, 9.17) is 0 Å². The molecule has 110 valence electrons. The molecule has 0 aliphatic carbocycles. The Morgan fingerprint density at radius 3 is 2.05 bits per heavy atom. The third kappa shape index (κ3) is 6.57. The Morgan fingerprint density at radius 1 is 0.952 bits per heavy atom. The predicted octanol–water partition coefficient (Wildman–Crippen LogP) is 4.41. The van der Waals surface area contributed by atoms with Crippen molar-refractivity contribution in [2.24, 2.45) is 0 Å². The average Bonchev–Trinajstić information content (AvgIpc) is 2.49. The van der Waals surface area contributed by atoms with Gasteiger partial charge in [0.1, 0.15) is 6.29 Å². The normalized spacial score (nSPS) is 13.1. The van der Waals surface area contributed by atoms with Crippen LogP contribution in [0.15, 0.2) is 65.8 Å². The second-order valence-corrected chi connectivity index (χ2v) is 5.14. The Labute approximate surface area is 127 Å². The summed E-state index contributed by atoms with van der Waals surface area (Å²) in [5, 5.41) is 0. The van der Waals surface area contributed by atoms with Gasteiger partial charge in [0.25, 0.3) is 0 Å². The van der Waals surface area contributed by atoms with Crippen LogP contribution in [0.3, 0.4) is 0 Å². The SMILES string of the molecule is C\C(C=O)=C/C=C/C=C(C)/C=C/c1ccc(N(C)C)cc1. The molecule has 0 aliphatic heterocycles. The molecule has 0 aliphatic rings. The van der Waals surface area contributed by atoms with Gasteiger partial charge in [0, 0.05) is 19.8 Å². The summed E-state index contributed by atoms with van der Waals surface area (Å²) in [6.07, 6.45) is 12.6. The number of nitrogens with zero attached hydrogens (tertiary/aromatic N) is 1. The quantitative estimate of drug-likeness (QED) is 0.437. The van der Waals surface area contributed by atoms with Gasteiger partial charge in [-0.25, -0.2) is 0 Å². The van der Waals surface area contributed by atoms with E-state index in [1.54, 1.807) is 13.0 Å². The van der Waals surface area contributed by atoms with Gasteiger partial charge in [0.05, 0.1) is 0 Å². The molecule has 0 saturated heterocycles. The summed E-state index contributed by atoms with van der Waals surface area (Å²) < 4.78 is 0. The maximum Gasteiger partial charge on any atom is 0.145 e. The Balaban J connectivity index is 2.64. The molecule has 0 N–H and O–H groups in total. The summed E-state index contributed by atoms with van der Waals surface area (Å²) in [5.74, 6) is 0. The van der Waals surface area contributed by atoms with Gasteiger partial charge in [-0.05, 0) is 37.1 Å². The largest absolute Gasteiger partial charge is 0.378 e. The standard InChI is InChI=1S/C19H23NO/c1-16(7-5-6-8-17(2)15-21)9-10-18-11-13-19(14-12-18)20(3)4/h5-15H,1-4H3/b6-5+,10-9+,16-7+,17-8+. The summed E-state index contributed by atoms with van der Waals surface area (Å²) >= 11 is 0. The number of aldehydes is 1. The maximum atomic E-state index is 10.4. The third-order valence-electron chi connectivity index (χ3n) is 2.96. The van der Waals surface area contributed by atoms with Crippen LogP contribution in [-0.2, 0) is 4.79 Å². The fourth-order valence-corrected chi connectivity index (χ4v) is 1.62. The molecule has 21 heavy (non-hydrogen) atoms. The molecule has 0 heterocycles. The van der Waals surface area contributed by atoms with Gasteiger partial charge in [-0.15, -0.1) is 0 Å². The zero-order valence-corrected chi connectivity index (χ0v) is 13.2. The fraction of sp³-hybridized carbons (Fsp3) is 0.211. The molecule has 0 fully saturated rings. The Morgan fingerprint density at radius 2 is 1.52 bits per heavy atom. The molecule has 0 bridgehead atoms. The van der Waals surface area contributed by atoms with E-state index in [0.717, 1.165) is 11.9 Å². The van der Waals surface area contributed by atoms with Crippen LogP contribution in [0.1, 0.15) is 19.4 Å². The minimum Gasteiger partial charge on any atom is -0.378 e. The van der Waals surface area contributed by atoms with Crippen molar-refractivity contribution in [3.8, 4) is 0 Å². The van der Waals surface area contributed by atoms with Gasteiger partial charge in [-0.1, -0.05) is 54.2 Å². The number of hydrogen-bond donors (Lipinski definition) is 0. The summed E-state index contributed by atoms with van der Waals surface area (Å²) in [6.45, 7) is 3.83.